The molecule has 132 valence electrons. The summed E-state index contributed by atoms with van der Waals surface area (Å²) in [5, 5.41) is -0.438. The topological polar surface area (TPSA) is 51.2 Å². The van der Waals surface area contributed by atoms with Gasteiger partial charge < -0.3 is 0 Å². The van der Waals surface area contributed by atoms with E-state index < -0.39 is 15.1 Å². The van der Waals surface area contributed by atoms with Gasteiger partial charge in [-0.3, -0.25) is 4.79 Å². The van der Waals surface area contributed by atoms with Gasteiger partial charge in [0.15, 0.2) is 15.6 Å². The summed E-state index contributed by atoms with van der Waals surface area (Å²) in [6, 6.07) is 3.69. The minimum absolute atomic E-state index is 0.125. The number of carbonyl (C=O) groups excluding carboxylic acids is 1. The number of fused-ring (bicyclic) bond motifs is 13. The molecule has 3 nitrogen and oxygen atoms in total. The van der Waals surface area contributed by atoms with E-state index >= 15 is 0 Å². The van der Waals surface area contributed by atoms with Gasteiger partial charge in [-0.15, -0.1) is 0 Å². The Labute approximate surface area is 174 Å². The molecule has 0 radical (unpaired) electrons. The van der Waals surface area contributed by atoms with Gasteiger partial charge in [0.05, 0.1) is 10.1 Å². The number of halogens is 2. The first kappa shape index (κ1) is 16.3. The summed E-state index contributed by atoms with van der Waals surface area (Å²) >= 11 is 4.29. The van der Waals surface area contributed by atoms with E-state index in [0.717, 1.165) is 25.4 Å². The van der Waals surface area contributed by atoms with Crippen molar-refractivity contribution >= 4 is 60.8 Å². The van der Waals surface area contributed by atoms with Gasteiger partial charge in [-0.25, -0.2) is 8.42 Å². The molecule has 0 amide bonds. The van der Waals surface area contributed by atoms with Crippen molar-refractivity contribution in [2.24, 2.45) is 41.4 Å². The fraction of sp³-hybridized carbons (Fsp3) is 0.632. The molecule has 0 spiro atoms. The Kier molecular flexibility index (Phi) is 3.26. The van der Waals surface area contributed by atoms with Crippen molar-refractivity contribution in [1.82, 2.24) is 0 Å². The molecular formula is C19H18I2O3S. The highest BCUT2D eigenvalue weighted by atomic mass is 127. The maximum absolute atomic E-state index is 13.6. The SMILES string of the molecule is O=C1c2cc(I)cc(I)c2S(=O)(=O)C2C3CC(C12)C1C2CCC(C2)C31. The zero-order chi connectivity index (χ0) is 17.2. The molecule has 6 heteroatoms. The van der Waals surface area contributed by atoms with Crippen LogP contribution in [0.5, 0.6) is 0 Å². The fourth-order valence-electron chi connectivity index (χ4n) is 7.64. The normalized spacial score (nSPS) is 47.7. The van der Waals surface area contributed by atoms with Gasteiger partial charge in [0, 0.05) is 18.6 Å². The van der Waals surface area contributed by atoms with E-state index in [1.54, 1.807) is 6.07 Å². The number of carbonyl (C=O) groups is 1. The molecule has 1 aromatic carbocycles. The standard InChI is InChI=1S/C19H18I2O3S/c20-9-4-12-17(22)16-10-6-11(15-8-2-1-7(3-8)14(10)15)19(16)25(23,24)18(12)13(21)5-9/h4-5,7-8,10-11,14-16,19H,1-3,6H2. The molecule has 8 atom stereocenters. The highest BCUT2D eigenvalue weighted by molar-refractivity contribution is 14.1. The molecular weight excluding hydrogens is 562 g/mol. The lowest BCUT2D eigenvalue weighted by Crippen LogP contribution is -2.50. The second kappa shape index (κ2) is 5.01. The summed E-state index contributed by atoms with van der Waals surface area (Å²) in [5.41, 5.74) is 0.477. The third-order valence-electron chi connectivity index (χ3n) is 8.04. The Morgan fingerprint density at radius 2 is 1.64 bits per heavy atom. The van der Waals surface area contributed by atoms with E-state index in [-0.39, 0.29) is 17.6 Å². The second-order valence-corrected chi connectivity index (χ2v) is 13.2. The van der Waals surface area contributed by atoms with Crippen molar-refractivity contribution in [2.75, 3.05) is 0 Å². The van der Waals surface area contributed by atoms with Crippen LogP contribution in [0, 0.1) is 48.6 Å². The van der Waals surface area contributed by atoms with Crippen LogP contribution in [0.15, 0.2) is 17.0 Å². The fourth-order valence-corrected chi connectivity index (χ4v) is 12.9. The average molecular weight is 580 g/mol. The molecule has 8 unspecified atom stereocenters. The quantitative estimate of drug-likeness (QED) is 0.343. The van der Waals surface area contributed by atoms with E-state index in [1.165, 1.54) is 19.3 Å². The Hall–Kier alpha value is 0.300. The van der Waals surface area contributed by atoms with Gasteiger partial charge in [-0.05, 0) is 119 Å². The predicted molar refractivity (Wildman–Crippen MR) is 110 cm³/mol. The van der Waals surface area contributed by atoms with Crippen molar-refractivity contribution < 1.29 is 13.2 Å². The molecule has 4 bridgehead atoms. The molecule has 5 aliphatic rings. The molecule has 1 heterocycles. The van der Waals surface area contributed by atoms with Crippen LogP contribution in [0.1, 0.15) is 36.0 Å². The van der Waals surface area contributed by atoms with Gasteiger partial charge in [0.25, 0.3) is 0 Å². The van der Waals surface area contributed by atoms with Crippen molar-refractivity contribution in [2.45, 2.75) is 35.8 Å². The molecule has 1 aliphatic heterocycles. The molecule has 4 aliphatic carbocycles. The first-order valence-electron chi connectivity index (χ1n) is 9.16. The number of Topliss-reactive ketones (excluding diaryl/α,β-unsaturated/α-hetero) is 1. The number of hydrogen-bond donors (Lipinski definition) is 0. The van der Waals surface area contributed by atoms with Crippen molar-refractivity contribution in [1.29, 1.82) is 0 Å². The van der Waals surface area contributed by atoms with E-state index in [4.69, 9.17) is 0 Å². The van der Waals surface area contributed by atoms with Crippen molar-refractivity contribution in [3.8, 4) is 0 Å². The molecule has 4 saturated carbocycles. The van der Waals surface area contributed by atoms with Gasteiger partial charge in [0.2, 0.25) is 0 Å². The minimum atomic E-state index is -3.42. The van der Waals surface area contributed by atoms with Crippen LogP contribution in [-0.2, 0) is 9.84 Å². The van der Waals surface area contributed by atoms with Crippen LogP contribution in [0.25, 0.3) is 0 Å². The van der Waals surface area contributed by atoms with E-state index in [2.05, 4.69) is 45.2 Å². The molecule has 6 rings (SSSR count). The lowest BCUT2D eigenvalue weighted by Gasteiger charge is -2.44. The van der Waals surface area contributed by atoms with Crippen LogP contribution < -0.4 is 0 Å². The van der Waals surface area contributed by atoms with Crippen LogP contribution in [0.2, 0.25) is 0 Å². The number of sulfone groups is 1. The highest BCUT2D eigenvalue weighted by Gasteiger charge is 2.70. The minimum Gasteiger partial charge on any atom is -0.294 e. The molecule has 0 aromatic heterocycles. The predicted octanol–water partition coefficient (Wildman–Crippen LogP) is 4.16. The first-order valence-corrected chi connectivity index (χ1v) is 12.9. The van der Waals surface area contributed by atoms with Crippen LogP contribution in [-0.4, -0.2) is 19.5 Å². The molecule has 4 fully saturated rings. The first-order chi connectivity index (χ1) is 11.9. The summed E-state index contributed by atoms with van der Waals surface area (Å²) in [6.07, 6.45) is 4.86. The zero-order valence-electron chi connectivity index (χ0n) is 13.5. The lowest BCUT2D eigenvalue weighted by molar-refractivity contribution is 0.0688. The van der Waals surface area contributed by atoms with Crippen LogP contribution >= 0.6 is 45.2 Å². The second-order valence-electron chi connectivity index (χ2n) is 8.72. The Balaban J connectivity index is 1.57. The Morgan fingerprint density at radius 3 is 2.36 bits per heavy atom. The Morgan fingerprint density at radius 1 is 0.960 bits per heavy atom. The summed E-state index contributed by atoms with van der Waals surface area (Å²) < 4.78 is 28.8. The largest absolute Gasteiger partial charge is 0.294 e. The van der Waals surface area contributed by atoms with Gasteiger partial charge in [0.1, 0.15) is 0 Å². The van der Waals surface area contributed by atoms with E-state index in [9.17, 15) is 13.2 Å². The van der Waals surface area contributed by atoms with Crippen LogP contribution in [0.4, 0.5) is 0 Å². The summed E-state index contributed by atoms with van der Waals surface area (Å²) in [4.78, 5) is 13.7. The van der Waals surface area contributed by atoms with Gasteiger partial charge in [-0.2, -0.15) is 0 Å². The third-order valence-corrected chi connectivity index (χ3v) is 12.2. The maximum Gasteiger partial charge on any atom is 0.184 e. The maximum atomic E-state index is 13.6. The monoisotopic (exact) mass is 580 g/mol. The lowest BCUT2D eigenvalue weighted by atomic mass is 9.66. The number of hydrogen-bond acceptors (Lipinski definition) is 3. The smallest absolute Gasteiger partial charge is 0.184 e. The van der Waals surface area contributed by atoms with E-state index in [1.807, 2.05) is 6.07 Å². The molecule has 25 heavy (non-hydrogen) atoms. The van der Waals surface area contributed by atoms with Gasteiger partial charge >= 0.3 is 0 Å². The third kappa shape index (κ3) is 1.83. The van der Waals surface area contributed by atoms with Crippen molar-refractivity contribution in [3.05, 3.63) is 24.8 Å². The average Bonchev–Trinajstić information content (AvgIpc) is 3.28. The zero-order valence-corrected chi connectivity index (χ0v) is 18.6. The molecule has 0 saturated heterocycles. The number of rotatable bonds is 0. The summed E-state index contributed by atoms with van der Waals surface area (Å²) in [5.74, 6) is 3.11. The van der Waals surface area contributed by atoms with Gasteiger partial charge in [-0.1, -0.05) is 0 Å². The van der Waals surface area contributed by atoms with Crippen molar-refractivity contribution in [3.63, 3.8) is 0 Å². The summed E-state index contributed by atoms with van der Waals surface area (Å²) in [7, 11) is -3.42. The van der Waals surface area contributed by atoms with E-state index in [0.29, 0.717) is 28.2 Å². The summed E-state index contributed by atoms with van der Waals surface area (Å²) in [6.45, 7) is 0. The molecule has 1 aromatic rings. The number of ketones is 1. The number of benzene rings is 1. The van der Waals surface area contributed by atoms with Crippen LogP contribution in [0.3, 0.4) is 0 Å². The molecule has 0 N–H and O–H groups in total. The Bertz CT molecular complexity index is 940. The highest BCUT2D eigenvalue weighted by Crippen LogP contribution is 2.71.